The summed E-state index contributed by atoms with van der Waals surface area (Å²) in [4.78, 5) is 16.6. The summed E-state index contributed by atoms with van der Waals surface area (Å²) in [5.74, 6) is 0. The van der Waals surface area contributed by atoms with Crippen molar-refractivity contribution in [2.75, 3.05) is 0 Å². The van der Waals surface area contributed by atoms with Crippen molar-refractivity contribution in [1.29, 1.82) is 0 Å². The topological polar surface area (TPSA) is 52.7 Å². The second-order valence-corrected chi connectivity index (χ2v) is 5.23. The van der Waals surface area contributed by atoms with E-state index in [2.05, 4.69) is 26.0 Å². The normalized spacial score (nSPS) is 11.1. The quantitative estimate of drug-likeness (QED) is 0.725. The largest absolute Gasteiger partial charge is 0.294 e. The minimum absolute atomic E-state index is 0.0712. The van der Waals surface area contributed by atoms with Crippen molar-refractivity contribution in [1.82, 2.24) is 19.3 Å². The van der Waals surface area contributed by atoms with Crippen LogP contribution in [0.2, 0.25) is 0 Å². The summed E-state index contributed by atoms with van der Waals surface area (Å²) in [6, 6.07) is 7.86. The number of fused-ring (bicyclic) bond motifs is 1. The van der Waals surface area contributed by atoms with E-state index >= 15 is 0 Å². The smallest absolute Gasteiger partial charge is 0.264 e. The van der Waals surface area contributed by atoms with Crippen LogP contribution in [0.25, 0.3) is 11.0 Å². The first-order chi connectivity index (χ1) is 9.15. The van der Waals surface area contributed by atoms with Gasteiger partial charge >= 0.3 is 0 Å². The van der Waals surface area contributed by atoms with Crippen molar-refractivity contribution in [2.24, 2.45) is 7.05 Å². The number of hydrogen-bond acceptors (Lipinski definition) is 3. The third-order valence-corrected chi connectivity index (χ3v) is 3.45. The summed E-state index contributed by atoms with van der Waals surface area (Å²) in [5, 5.41) is 4.59. The summed E-state index contributed by atoms with van der Waals surface area (Å²) in [7, 11) is 1.77. The first kappa shape index (κ1) is 12.1. The van der Waals surface area contributed by atoms with Crippen LogP contribution >= 0.6 is 15.9 Å². The number of hydrogen-bond donors (Lipinski definition) is 0. The van der Waals surface area contributed by atoms with E-state index in [4.69, 9.17) is 0 Å². The molecule has 0 atom stereocenters. The van der Waals surface area contributed by atoms with Gasteiger partial charge in [-0.15, -0.1) is 0 Å². The van der Waals surface area contributed by atoms with E-state index in [0.29, 0.717) is 17.6 Å². The van der Waals surface area contributed by atoms with Gasteiger partial charge in [0.05, 0.1) is 12.7 Å². The summed E-state index contributed by atoms with van der Waals surface area (Å²) < 4.78 is 4.18. The van der Waals surface area contributed by atoms with Gasteiger partial charge in [-0.25, -0.2) is 4.98 Å². The summed E-state index contributed by atoms with van der Waals surface area (Å²) in [6.07, 6.45) is 3.12. The predicted molar refractivity (Wildman–Crippen MR) is 76.0 cm³/mol. The molecular weight excluding hydrogens is 308 g/mol. The Morgan fingerprint density at radius 1 is 1.37 bits per heavy atom. The van der Waals surface area contributed by atoms with Gasteiger partial charge in [-0.05, 0) is 17.7 Å². The molecule has 0 aliphatic carbocycles. The molecule has 0 saturated heterocycles. The zero-order valence-corrected chi connectivity index (χ0v) is 11.8. The van der Waals surface area contributed by atoms with Gasteiger partial charge in [0.1, 0.15) is 11.7 Å². The summed E-state index contributed by atoms with van der Waals surface area (Å²) in [6.45, 7) is 0.496. The Labute approximate surface area is 117 Å². The Morgan fingerprint density at radius 2 is 2.21 bits per heavy atom. The van der Waals surface area contributed by atoms with Gasteiger partial charge in [0.25, 0.3) is 5.56 Å². The molecule has 0 unspecified atom stereocenters. The Morgan fingerprint density at radius 3 is 3.00 bits per heavy atom. The molecule has 0 amide bonds. The minimum atomic E-state index is -0.0712. The highest BCUT2D eigenvalue weighted by atomic mass is 79.9. The standard InChI is InChI=1S/C13H11BrN4O/c1-17-12-11(6-16-17)13(19)18(8-15-12)7-9-3-2-4-10(14)5-9/h2-6,8H,7H2,1H3. The molecule has 0 saturated carbocycles. The number of rotatable bonds is 2. The molecule has 3 aromatic rings. The molecule has 0 N–H and O–H groups in total. The lowest BCUT2D eigenvalue weighted by Crippen LogP contribution is -2.21. The lowest BCUT2D eigenvalue weighted by Gasteiger charge is -2.05. The third-order valence-electron chi connectivity index (χ3n) is 2.96. The number of nitrogens with zero attached hydrogens (tertiary/aromatic N) is 4. The van der Waals surface area contributed by atoms with Crippen LogP contribution in [0.15, 0.2) is 46.1 Å². The highest BCUT2D eigenvalue weighted by Crippen LogP contribution is 2.12. The van der Waals surface area contributed by atoms with Crippen LogP contribution in [-0.4, -0.2) is 19.3 Å². The zero-order chi connectivity index (χ0) is 13.4. The van der Waals surface area contributed by atoms with Crippen LogP contribution < -0.4 is 5.56 Å². The summed E-state index contributed by atoms with van der Waals surface area (Å²) in [5.41, 5.74) is 1.58. The van der Waals surface area contributed by atoms with E-state index in [-0.39, 0.29) is 5.56 Å². The highest BCUT2D eigenvalue weighted by Gasteiger charge is 2.08. The molecule has 2 heterocycles. The fourth-order valence-corrected chi connectivity index (χ4v) is 2.46. The Bertz CT molecular complexity index is 806. The Kier molecular flexibility index (Phi) is 2.94. The monoisotopic (exact) mass is 318 g/mol. The fourth-order valence-electron chi connectivity index (χ4n) is 2.01. The molecule has 0 fully saturated rings. The molecular formula is C13H11BrN4O. The maximum atomic E-state index is 12.3. The van der Waals surface area contributed by atoms with Gasteiger partial charge in [-0.3, -0.25) is 14.0 Å². The van der Waals surface area contributed by atoms with Gasteiger partial charge in [-0.2, -0.15) is 5.10 Å². The molecule has 96 valence electrons. The Balaban J connectivity index is 2.06. The predicted octanol–water partition coefficient (Wildman–Crippen LogP) is 1.94. The number of aromatic nitrogens is 4. The maximum Gasteiger partial charge on any atom is 0.264 e. The number of benzene rings is 1. The SMILES string of the molecule is Cn1ncc2c(=O)n(Cc3cccc(Br)c3)cnc21. The molecule has 5 nitrogen and oxygen atoms in total. The molecule has 6 heteroatoms. The maximum absolute atomic E-state index is 12.3. The lowest BCUT2D eigenvalue weighted by molar-refractivity contribution is 0.737. The lowest BCUT2D eigenvalue weighted by atomic mass is 10.2. The zero-order valence-electron chi connectivity index (χ0n) is 10.2. The molecule has 1 aromatic carbocycles. The number of halogens is 1. The number of aryl methyl sites for hydroxylation is 1. The second-order valence-electron chi connectivity index (χ2n) is 4.31. The van der Waals surface area contributed by atoms with Crippen LogP contribution in [0.4, 0.5) is 0 Å². The van der Waals surface area contributed by atoms with Crippen molar-refractivity contribution in [3.8, 4) is 0 Å². The fraction of sp³-hybridized carbons (Fsp3) is 0.154. The molecule has 2 aromatic heterocycles. The highest BCUT2D eigenvalue weighted by molar-refractivity contribution is 9.10. The van der Waals surface area contributed by atoms with Crippen LogP contribution in [0.5, 0.6) is 0 Å². The van der Waals surface area contributed by atoms with Crippen LogP contribution in [-0.2, 0) is 13.6 Å². The van der Waals surface area contributed by atoms with Gasteiger partial charge in [-0.1, -0.05) is 28.1 Å². The molecule has 0 spiro atoms. The van der Waals surface area contributed by atoms with Crippen molar-refractivity contribution in [3.05, 3.63) is 57.2 Å². The van der Waals surface area contributed by atoms with E-state index in [1.165, 1.54) is 0 Å². The molecule has 0 radical (unpaired) electrons. The van der Waals surface area contributed by atoms with Crippen LogP contribution in [0.1, 0.15) is 5.56 Å². The molecule has 0 aliphatic rings. The molecule has 19 heavy (non-hydrogen) atoms. The average Bonchev–Trinajstić information content (AvgIpc) is 2.76. The molecule has 0 bridgehead atoms. The van der Waals surface area contributed by atoms with E-state index in [1.807, 2.05) is 24.3 Å². The van der Waals surface area contributed by atoms with Crippen molar-refractivity contribution in [3.63, 3.8) is 0 Å². The van der Waals surface area contributed by atoms with E-state index in [0.717, 1.165) is 10.0 Å². The minimum Gasteiger partial charge on any atom is -0.294 e. The van der Waals surface area contributed by atoms with Crippen molar-refractivity contribution >= 4 is 27.0 Å². The second kappa shape index (κ2) is 4.62. The van der Waals surface area contributed by atoms with Crippen molar-refractivity contribution < 1.29 is 0 Å². The van der Waals surface area contributed by atoms with Crippen LogP contribution in [0.3, 0.4) is 0 Å². The van der Waals surface area contributed by atoms with Gasteiger partial charge in [0.15, 0.2) is 5.65 Å². The first-order valence-corrected chi connectivity index (χ1v) is 6.56. The van der Waals surface area contributed by atoms with Gasteiger partial charge in [0.2, 0.25) is 0 Å². The van der Waals surface area contributed by atoms with Crippen molar-refractivity contribution in [2.45, 2.75) is 6.54 Å². The Hall–Kier alpha value is -1.95. The van der Waals surface area contributed by atoms with Gasteiger partial charge < -0.3 is 0 Å². The molecule has 0 aliphatic heterocycles. The van der Waals surface area contributed by atoms with Gasteiger partial charge in [0, 0.05) is 11.5 Å². The van der Waals surface area contributed by atoms with Crippen LogP contribution in [0, 0.1) is 0 Å². The van der Waals surface area contributed by atoms with E-state index < -0.39 is 0 Å². The van der Waals surface area contributed by atoms with E-state index in [1.54, 1.807) is 28.8 Å². The van der Waals surface area contributed by atoms with E-state index in [9.17, 15) is 4.79 Å². The first-order valence-electron chi connectivity index (χ1n) is 5.77. The average molecular weight is 319 g/mol. The summed E-state index contributed by atoms with van der Waals surface area (Å²) >= 11 is 3.42. The third kappa shape index (κ3) is 2.19. The molecule has 3 rings (SSSR count).